The van der Waals surface area contributed by atoms with Gasteiger partial charge in [0.1, 0.15) is 0 Å². The second-order valence-electron chi connectivity index (χ2n) is 11.1. The molecule has 7 atom stereocenters. The molecule has 0 aromatic rings. The van der Waals surface area contributed by atoms with Crippen LogP contribution in [0.15, 0.2) is 0 Å². The number of likely N-dealkylation sites (tertiary alicyclic amines) is 1. The van der Waals surface area contributed by atoms with Crippen molar-refractivity contribution < 1.29 is 14.3 Å². The summed E-state index contributed by atoms with van der Waals surface area (Å²) in [6.45, 7) is 4.89. The zero-order chi connectivity index (χ0) is 19.2. The highest BCUT2D eigenvalue weighted by molar-refractivity contribution is 5.78. The summed E-state index contributed by atoms with van der Waals surface area (Å²) in [4.78, 5) is 27.1. The van der Waals surface area contributed by atoms with Gasteiger partial charge in [0.2, 0.25) is 5.91 Å². The van der Waals surface area contributed by atoms with E-state index in [-0.39, 0.29) is 22.7 Å². The minimum absolute atomic E-state index is 0.0162. The van der Waals surface area contributed by atoms with E-state index in [1.807, 2.05) is 0 Å². The standard InChI is InChI=1S/C23H35NO3/c1-21-9-7-16-14(15(21)5-6-17(21)19(26)27-4)13-23(11-12-23)20-22(16,2)10-8-18(25)24(20)3/h14-17,20H,5-13H2,1-4H3/t14?,15?,16?,17-,20?,21+,22-/m1/s1. The summed E-state index contributed by atoms with van der Waals surface area (Å²) in [7, 11) is 3.62. The smallest absolute Gasteiger partial charge is 0.309 e. The van der Waals surface area contributed by atoms with Crippen molar-refractivity contribution in [3.63, 3.8) is 0 Å². The van der Waals surface area contributed by atoms with Crippen LogP contribution in [-0.4, -0.2) is 37.0 Å². The van der Waals surface area contributed by atoms with Crippen molar-refractivity contribution in [1.29, 1.82) is 0 Å². The number of methoxy groups -OCH3 is 1. The summed E-state index contributed by atoms with van der Waals surface area (Å²) in [5, 5.41) is 0. The number of amides is 1. The number of rotatable bonds is 1. The molecular weight excluding hydrogens is 338 g/mol. The lowest BCUT2D eigenvalue weighted by Gasteiger charge is -2.64. The van der Waals surface area contributed by atoms with Crippen LogP contribution in [-0.2, 0) is 14.3 Å². The predicted octanol–water partition coefficient (Wildman–Crippen LogP) is 4.03. The Morgan fingerprint density at radius 1 is 1.04 bits per heavy atom. The molecule has 1 aliphatic heterocycles. The predicted molar refractivity (Wildman–Crippen MR) is 103 cm³/mol. The van der Waals surface area contributed by atoms with Crippen LogP contribution in [0.2, 0.25) is 0 Å². The van der Waals surface area contributed by atoms with Crippen LogP contribution in [0.5, 0.6) is 0 Å². The molecule has 4 heteroatoms. The Kier molecular flexibility index (Phi) is 3.67. The highest BCUT2D eigenvalue weighted by Crippen LogP contribution is 2.73. The third-order valence-corrected chi connectivity index (χ3v) is 10.2. The number of piperidine rings is 1. The normalized spacial score (nSPS) is 50.0. The molecule has 1 heterocycles. The van der Waals surface area contributed by atoms with Gasteiger partial charge in [0.15, 0.2) is 0 Å². The van der Waals surface area contributed by atoms with E-state index in [2.05, 4.69) is 25.8 Å². The van der Waals surface area contributed by atoms with E-state index < -0.39 is 0 Å². The molecule has 1 saturated heterocycles. The van der Waals surface area contributed by atoms with Gasteiger partial charge in [-0.05, 0) is 85.4 Å². The number of hydrogen-bond donors (Lipinski definition) is 0. The summed E-state index contributed by atoms with van der Waals surface area (Å²) in [6.07, 6.45) is 10.2. The molecule has 1 spiro atoms. The first-order chi connectivity index (χ1) is 12.8. The second-order valence-corrected chi connectivity index (χ2v) is 11.1. The zero-order valence-corrected chi connectivity index (χ0v) is 17.4. The highest BCUT2D eigenvalue weighted by atomic mass is 16.5. The van der Waals surface area contributed by atoms with Gasteiger partial charge in [0, 0.05) is 19.5 Å². The molecule has 27 heavy (non-hydrogen) atoms. The number of carbonyl (C=O) groups excluding carboxylic acids is 2. The maximum absolute atomic E-state index is 12.5. The number of esters is 1. The molecule has 0 N–H and O–H groups in total. The zero-order valence-electron chi connectivity index (χ0n) is 17.4. The van der Waals surface area contributed by atoms with E-state index in [0.29, 0.717) is 29.2 Å². The minimum atomic E-state index is 0.0162. The first-order valence-corrected chi connectivity index (χ1v) is 11.1. The van der Waals surface area contributed by atoms with Crippen LogP contribution in [0, 0.1) is 39.9 Å². The lowest BCUT2D eigenvalue weighted by molar-refractivity contribution is -0.176. The van der Waals surface area contributed by atoms with Crippen molar-refractivity contribution in [1.82, 2.24) is 4.90 Å². The van der Waals surface area contributed by atoms with Crippen LogP contribution in [0.4, 0.5) is 0 Å². The molecule has 0 radical (unpaired) electrons. The van der Waals surface area contributed by atoms with Gasteiger partial charge in [0.05, 0.1) is 13.0 Å². The number of fused-ring (bicyclic) bond motifs is 6. The van der Waals surface area contributed by atoms with Crippen LogP contribution < -0.4 is 0 Å². The van der Waals surface area contributed by atoms with Crippen molar-refractivity contribution in [2.45, 2.75) is 77.7 Å². The van der Waals surface area contributed by atoms with E-state index in [0.717, 1.165) is 31.6 Å². The largest absolute Gasteiger partial charge is 0.469 e. The van der Waals surface area contributed by atoms with Crippen molar-refractivity contribution in [2.75, 3.05) is 14.2 Å². The quantitative estimate of drug-likeness (QED) is 0.652. The van der Waals surface area contributed by atoms with Gasteiger partial charge in [-0.25, -0.2) is 0 Å². The van der Waals surface area contributed by atoms with Gasteiger partial charge < -0.3 is 9.64 Å². The molecule has 150 valence electrons. The topological polar surface area (TPSA) is 46.6 Å². The fraction of sp³-hybridized carbons (Fsp3) is 0.913. The third-order valence-electron chi connectivity index (χ3n) is 10.2. The lowest BCUT2D eigenvalue weighted by atomic mass is 9.44. The third kappa shape index (κ3) is 2.16. The summed E-state index contributed by atoms with van der Waals surface area (Å²) < 4.78 is 5.19. The SMILES string of the molecule is COC(=O)[C@H]1CCC2C3CC4(CC4)C4N(C)C(=O)CC[C@]4(C)C3CC[C@@]21C. The fourth-order valence-electron chi connectivity index (χ4n) is 8.91. The van der Waals surface area contributed by atoms with Crippen molar-refractivity contribution in [3.8, 4) is 0 Å². The van der Waals surface area contributed by atoms with E-state index >= 15 is 0 Å². The Bertz CT molecular complexity index is 685. The number of nitrogens with zero attached hydrogens (tertiary/aromatic N) is 1. The van der Waals surface area contributed by atoms with E-state index in [1.54, 1.807) is 7.11 Å². The Morgan fingerprint density at radius 2 is 1.74 bits per heavy atom. The van der Waals surface area contributed by atoms with Gasteiger partial charge in [-0.3, -0.25) is 9.59 Å². The molecule has 4 unspecified atom stereocenters. The van der Waals surface area contributed by atoms with Gasteiger partial charge in [-0.15, -0.1) is 0 Å². The summed E-state index contributed by atoms with van der Waals surface area (Å²) >= 11 is 0. The molecule has 5 rings (SSSR count). The number of hydrogen-bond acceptors (Lipinski definition) is 3. The van der Waals surface area contributed by atoms with Crippen LogP contribution in [0.3, 0.4) is 0 Å². The first kappa shape index (κ1) is 18.0. The molecule has 0 aromatic heterocycles. The van der Waals surface area contributed by atoms with Crippen molar-refractivity contribution in [2.24, 2.45) is 39.9 Å². The Labute approximate surface area is 163 Å². The van der Waals surface area contributed by atoms with Gasteiger partial charge in [-0.2, -0.15) is 0 Å². The van der Waals surface area contributed by atoms with Crippen LogP contribution in [0.1, 0.15) is 71.6 Å². The average molecular weight is 374 g/mol. The maximum Gasteiger partial charge on any atom is 0.309 e. The lowest BCUT2D eigenvalue weighted by Crippen LogP contribution is -2.65. The van der Waals surface area contributed by atoms with Crippen molar-refractivity contribution in [3.05, 3.63) is 0 Å². The maximum atomic E-state index is 12.5. The molecule has 5 fully saturated rings. The van der Waals surface area contributed by atoms with Gasteiger partial charge in [-0.1, -0.05) is 13.8 Å². The Hall–Kier alpha value is -1.06. The Balaban J connectivity index is 1.51. The molecule has 1 amide bonds. The monoisotopic (exact) mass is 373 g/mol. The summed E-state index contributed by atoms with van der Waals surface area (Å²) in [5.41, 5.74) is 0.735. The van der Waals surface area contributed by atoms with E-state index in [9.17, 15) is 9.59 Å². The van der Waals surface area contributed by atoms with Crippen LogP contribution in [0.25, 0.3) is 0 Å². The summed E-state index contributed by atoms with van der Waals surface area (Å²) in [5.74, 6) is 2.54. The molecule has 5 aliphatic rings. The molecule has 4 saturated carbocycles. The minimum Gasteiger partial charge on any atom is -0.469 e. The molecular formula is C23H35NO3. The molecule has 0 aromatic carbocycles. The second kappa shape index (κ2) is 5.51. The average Bonchev–Trinajstić information content (AvgIpc) is 3.29. The number of ether oxygens (including phenoxy) is 1. The number of carbonyl (C=O) groups is 2. The van der Waals surface area contributed by atoms with E-state index in [4.69, 9.17) is 4.74 Å². The molecule has 4 aliphatic carbocycles. The van der Waals surface area contributed by atoms with Gasteiger partial charge in [0.25, 0.3) is 0 Å². The molecule has 4 nitrogen and oxygen atoms in total. The summed E-state index contributed by atoms with van der Waals surface area (Å²) in [6, 6.07) is 0.440. The van der Waals surface area contributed by atoms with Crippen LogP contribution >= 0.6 is 0 Å². The Morgan fingerprint density at radius 3 is 2.41 bits per heavy atom. The highest BCUT2D eigenvalue weighted by Gasteiger charge is 2.70. The molecule has 0 bridgehead atoms. The first-order valence-electron chi connectivity index (χ1n) is 11.1. The fourth-order valence-corrected chi connectivity index (χ4v) is 8.91. The van der Waals surface area contributed by atoms with Crippen molar-refractivity contribution >= 4 is 11.9 Å². The van der Waals surface area contributed by atoms with E-state index in [1.165, 1.54) is 32.1 Å². The van der Waals surface area contributed by atoms with Gasteiger partial charge >= 0.3 is 5.97 Å².